The van der Waals surface area contributed by atoms with Crippen LogP contribution in [0.3, 0.4) is 0 Å². The van der Waals surface area contributed by atoms with Gasteiger partial charge in [-0.2, -0.15) is 0 Å². The standard InChI is InChI=1S/C12H9BrClN/c13-9-3-6-12(15)11(7-9)8-1-4-10(14)5-2-8/h1-7H,15H2. The fourth-order valence-corrected chi connectivity index (χ4v) is 1.90. The molecule has 0 atom stereocenters. The number of benzene rings is 2. The van der Waals surface area contributed by atoms with Crippen LogP contribution in [-0.2, 0) is 0 Å². The van der Waals surface area contributed by atoms with Crippen LogP contribution < -0.4 is 5.73 Å². The van der Waals surface area contributed by atoms with Crippen molar-refractivity contribution in [3.05, 3.63) is 52.0 Å². The summed E-state index contributed by atoms with van der Waals surface area (Å²) in [5, 5.41) is 0.729. The molecule has 0 aromatic heterocycles. The molecule has 76 valence electrons. The molecule has 0 aliphatic carbocycles. The maximum absolute atomic E-state index is 5.91. The van der Waals surface area contributed by atoms with Crippen LogP contribution in [0.1, 0.15) is 0 Å². The van der Waals surface area contributed by atoms with E-state index in [0.29, 0.717) is 0 Å². The van der Waals surface area contributed by atoms with Gasteiger partial charge in [-0.25, -0.2) is 0 Å². The van der Waals surface area contributed by atoms with Crippen molar-refractivity contribution in [2.45, 2.75) is 0 Å². The molecule has 0 amide bonds. The third-order valence-electron chi connectivity index (χ3n) is 2.17. The summed E-state index contributed by atoms with van der Waals surface area (Å²) in [6.45, 7) is 0. The van der Waals surface area contributed by atoms with Gasteiger partial charge < -0.3 is 5.73 Å². The Kier molecular flexibility index (Phi) is 2.98. The van der Waals surface area contributed by atoms with E-state index in [4.69, 9.17) is 17.3 Å². The van der Waals surface area contributed by atoms with Crippen molar-refractivity contribution < 1.29 is 0 Å². The van der Waals surface area contributed by atoms with Crippen LogP contribution in [0.25, 0.3) is 11.1 Å². The number of halogens is 2. The molecule has 15 heavy (non-hydrogen) atoms. The fourth-order valence-electron chi connectivity index (χ4n) is 1.41. The highest BCUT2D eigenvalue weighted by Gasteiger charge is 2.02. The molecule has 2 N–H and O–H groups in total. The van der Waals surface area contributed by atoms with Gasteiger partial charge >= 0.3 is 0 Å². The molecule has 0 aliphatic heterocycles. The van der Waals surface area contributed by atoms with Crippen molar-refractivity contribution in [2.24, 2.45) is 0 Å². The molecular weight excluding hydrogens is 273 g/mol. The van der Waals surface area contributed by atoms with Crippen molar-refractivity contribution in [1.29, 1.82) is 0 Å². The van der Waals surface area contributed by atoms with Crippen LogP contribution in [-0.4, -0.2) is 0 Å². The Balaban J connectivity index is 2.53. The highest BCUT2D eigenvalue weighted by atomic mass is 79.9. The summed E-state index contributed by atoms with van der Waals surface area (Å²) in [7, 11) is 0. The molecule has 0 radical (unpaired) electrons. The molecule has 0 bridgehead atoms. The van der Waals surface area contributed by atoms with E-state index in [1.54, 1.807) is 0 Å². The number of nitrogen functional groups attached to an aromatic ring is 1. The molecule has 0 spiro atoms. The van der Waals surface area contributed by atoms with Crippen molar-refractivity contribution in [1.82, 2.24) is 0 Å². The third-order valence-corrected chi connectivity index (χ3v) is 2.92. The predicted molar refractivity (Wildman–Crippen MR) is 69.0 cm³/mol. The first-order chi connectivity index (χ1) is 7.16. The molecule has 2 aromatic rings. The van der Waals surface area contributed by atoms with Gasteiger partial charge in [-0.1, -0.05) is 39.7 Å². The Labute approximate surface area is 102 Å². The maximum atomic E-state index is 5.91. The van der Waals surface area contributed by atoms with E-state index >= 15 is 0 Å². The summed E-state index contributed by atoms with van der Waals surface area (Å²) >= 11 is 9.26. The summed E-state index contributed by atoms with van der Waals surface area (Å²) in [4.78, 5) is 0. The Morgan fingerprint density at radius 1 is 1.00 bits per heavy atom. The van der Waals surface area contributed by atoms with Crippen molar-refractivity contribution in [3.8, 4) is 11.1 Å². The number of hydrogen-bond acceptors (Lipinski definition) is 1. The lowest BCUT2D eigenvalue weighted by Crippen LogP contribution is -1.89. The van der Waals surface area contributed by atoms with Crippen LogP contribution in [0.4, 0.5) is 5.69 Å². The lowest BCUT2D eigenvalue weighted by Gasteiger charge is -2.06. The highest BCUT2D eigenvalue weighted by Crippen LogP contribution is 2.29. The second-order valence-corrected chi connectivity index (χ2v) is 4.59. The van der Waals surface area contributed by atoms with Crippen LogP contribution in [0.15, 0.2) is 46.9 Å². The Morgan fingerprint density at radius 3 is 2.33 bits per heavy atom. The molecule has 3 heteroatoms. The summed E-state index contributed by atoms with van der Waals surface area (Å²) in [5.74, 6) is 0. The monoisotopic (exact) mass is 281 g/mol. The van der Waals surface area contributed by atoms with Gasteiger partial charge in [0.2, 0.25) is 0 Å². The fraction of sp³-hybridized carbons (Fsp3) is 0. The van der Waals surface area contributed by atoms with Gasteiger partial charge in [-0.3, -0.25) is 0 Å². The first-order valence-corrected chi connectivity index (χ1v) is 5.65. The molecule has 0 saturated carbocycles. The topological polar surface area (TPSA) is 26.0 Å². The maximum Gasteiger partial charge on any atom is 0.0406 e. The lowest BCUT2D eigenvalue weighted by molar-refractivity contribution is 1.58. The first-order valence-electron chi connectivity index (χ1n) is 4.48. The van der Waals surface area contributed by atoms with Gasteiger partial charge in [0.25, 0.3) is 0 Å². The molecule has 0 aliphatic rings. The normalized spacial score (nSPS) is 10.3. The minimum absolute atomic E-state index is 0.729. The van der Waals surface area contributed by atoms with Crippen molar-refractivity contribution in [2.75, 3.05) is 5.73 Å². The van der Waals surface area contributed by atoms with Crippen LogP contribution in [0.2, 0.25) is 5.02 Å². The molecule has 0 unspecified atom stereocenters. The Bertz CT molecular complexity index is 479. The molecule has 2 rings (SSSR count). The number of rotatable bonds is 1. The molecule has 2 aromatic carbocycles. The van der Waals surface area contributed by atoms with Gasteiger partial charge in [0.15, 0.2) is 0 Å². The molecule has 0 fully saturated rings. The van der Waals surface area contributed by atoms with Gasteiger partial charge in [0.1, 0.15) is 0 Å². The minimum Gasteiger partial charge on any atom is -0.398 e. The van der Waals surface area contributed by atoms with E-state index < -0.39 is 0 Å². The Hall–Kier alpha value is -0.990. The average Bonchev–Trinajstić information content (AvgIpc) is 2.23. The minimum atomic E-state index is 0.729. The molecule has 1 nitrogen and oxygen atoms in total. The zero-order valence-electron chi connectivity index (χ0n) is 7.87. The largest absolute Gasteiger partial charge is 0.398 e. The van der Waals surface area contributed by atoms with E-state index in [2.05, 4.69) is 15.9 Å². The zero-order chi connectivity index (χ0) is 10.8. The number of nitrogens with two attached hydrogens (primary N) is 1. The van der Waals surface area contributed by atoms with E-state index in [0.717, 1.165) is 26.3 Å². The molecule has 0 heterocycles. The van der Waals surface area contributed by atoms with E-state index in [-0.39, 0.29) is 0 Å². The van der Waals surface area contributed by atoms with Crippen molar-refractivity contribution in [3.63, 3.8) is 0 Å². The average molecular weight is 283 g/mol. The zero-order valence-corrected chi connectivity index (χ0v) is 10.2. The van der Waals surface area contributed by atoms with Gasteiger partial charge in [0, 0.05) is 20.7 Å². The summed E-state index contributed by atoms with van der Waals surface area (Å²) < 4.78 is 1.02. The second kappa shape index (κ2) is 4.25. The Morgan fingerprint density at radius 2 is 1.67 bits per heavy atom. The SMILES string of the molecule is Nc1ccc(Br)cc1-c1ccc(Cl)cc1. The summed E-state index contributed by atoms with van der Waals surface area (Å²) in [6.07, 6.45) is 0. The first kappa shape index (κ1) is 10.5. The number of anilines is 1. The van der Waals surface area contributed by atoms with Gasteiger partial charge in [-0.05, 0) is 35.9 Å². The number of hydrogen-bond donors (Lipinski definition) is 1. The molecule has 0 saturated heterocycles. The van der Waals surface area contributed by atoms with Gasteiger partial charge in [0.05, 0.1) is 0 Å². The highest BCUT2D eigenvalue weighted by molar-refractivity contribution is 9.10. The van der Waals surface area contributed by atoms with Gasteiger partial charge in [-0.15, -0.1) is 0 Å². The third kappa shape index (κ3) is 2.33. The quantitative estimate of drug-likeness (QED) is 0.773. The lowest BCUT2D eigenvalue weighted by atomic mass is 10.0. The van der Waals surface area contributed by atoms with Crippen molar-refractivity contribution >= 4 is 33.2 Å². The van der Waals surface area contributed by atoms with E-state index in [9.17, 15) is 0 Å². The van der Waals surface area contributed by atoms with E-state index in [1.165, 1.54) is 0 Å². The smallest absolute Gasteiger partial charge is 0.0406 e. The second-order valence-electron chi connectivity index (χ2n) is 3.24. The molecular formula is C12H9BrClN. The van der Waals surface area contributed by atoms with Crippen LogP contribution in [0, 0.1) is 0 Å². The van der Waals surface area contributed by atoms with E-state index in [1.807, 2.05) is 42.5 Å². The summed E-state index contributed by atoms with van der Waals surface area (Å²) in [6, 6.07) is 13.4. The van der Waals surface area contributed by atoms with Crippen LogP contribution in [0.5, 0.6) is 0 Å². The summed E-state index contributed by atoms with van der Waals surface area (Å²) in [5.41, 5.74) is 8.75. The predicted octanol–water partition coefficient (Wildman–Crippen LogP) is 4.35. The van der Waals surface area contributed by atoms with Crippen LogP contribution >= 0.6 is 27.5 Å².